The van der Waals surface area contributed by atoms with Gasteiger partial charge < -0.3 is 20.2 Å². The number of aromatic amines is 2. The molecule has 2 amide bonds. The number of fused-ring (bicyclic) bond motifs is 2. The highest BCUT2D eigenvalue weighted by Gasteiger charge is 2.41. The van der Waals surface area contributed by atoms with Crippen molar-refractivity contribution >= 4 is 45.2 Å². The van der Waals surface area contributed by atoms with Gasteiger partial charge in [0.05, 0.1) is 11.0 Å². The highest BCUT2D eigenvalue weighted by Crippen LogP contribution is 2.39. The van der Waals surface area contributed by atoms with Gasteiger partial charge in [-0.1, -0.05) is 69.6 Å². The van der Waals surface area contributed by atoms with E-state index in [1.54, 1.807) is 0 Å². The lowest BCUT2D eigenvalue weighted by atomic mass is 9.99. The van der Waals surface area contributed by atoms with Crippen molar-refractivity contribution in [1.29, 1.82) is 0 Å². The first-order valence-corrected chi connectivity index (χ1v) is 18.7. The molecule has 3 aromatic carbocycles. The number of amides is 2. The Morgan fingerprint density at radius 3 is 2.20 bits per heavy atom. The van der Waals surface area contributed by atoms with Crippen molar-refractivity contribution in [3.8, 4) is 22.4 Å². The van der Waals surface area contributed by atoms with Gasteiger partial charge in [0.2, 0.25) is 11.8 Å². The minimum atomic E-state index is 0.155. The number of nitrogens with one attached hydrogen (secondary N) is 3. The molecule has 4 atom stereocenters. The monoisotopic (exact) mass is 692 g/mol. The number of hydrogen-bond acceptors (Lipinski definition) is 4. The second kappa shape index (κ2) is 14.2. The highest BCUT2D eigenvalue weighted by molar-refractivity contribution is 6.32. The predicted octanol–water partition coefficient (Wildman–Crippen LogP) is 8.74. The van der Waals surface area contributed by atoms with E-state index >= 15 is 0 Å². The summed E-state index contributed by atoms with van der Waals surface area (Å²) in [6, 6.07) is 20.0. The van der Waals surface area contributed by atoms with Crippen LogP contribution in [0.5, 0.6) is 0 Å². The standard InChI is InChI=1S/C41H49ClN6O2/c1-23(2)16-38(49)45-33-21-29(33)11-14-37-46-40(41(42)47-37)31-9-8-25-18-26(6-7-27(25)19-31)28-10-13-32-34(20-28)44-36(43-32)15-12-30-22-35(30)48(5)39(50)17-24(3)4/h6-10,13,18-20,23-24,29-30,33,35H,11-12,14-17,21-22H2,1-5H3,(H,43,44)(H,45,49)(H,46,47). The third-order valence-electron chi connectivity index (χ3n) is 10.4. The maximum atomic E-state index is 12.5. The lowest BCUT2D eigenvalue weighted by Gasteiger charge is -2.18. The Kier molecular flexibility index (Phi) is 9.75. The number of H-pyrrole nitrogens is 2. The van der Waals surface area contributed by atoms with Crippen LogP contribution in [0.15, 0.2) is 54.6 Å². The van der Waals surface area contributed by atoms with E-state index in [1.165, 1.54) is 0 Å². The van der Waals surface area contributed by atoms with Gasteiger partial charge in [0.25, 0.3) is 0 Å². The summed E-state index contributed by atoms with van der Waals surface area (Å²) in [7, 11) is 1.96. The first-order valence-electron chi connectivity index (χ1n) is 18.3. The molecule has 2 aliphatic rings. The van der Waals surface area contributed by atoms with Crippen LogP contribution >= 0.6 is 11.6 Å². The highest BCUT2D eigenvalue weighted by atomic mass is 35.5. The van der Waals surface area contributed by atoms with Crippen LogP contribution in [0.1, 0.15) is 77.9 Å². The number of imidazole rings is 2. The number of benzene rings is 3. The van der Waals surface area contributed by atoms with Gasteiger partial charge in [-0.2, -0.15) is 0 Å². The second-order valence-electron chi connectivity index (χ2n) is 15.5. The number of aromatic nitrogens is 4. The van der Waals surface area contributed by atoms with Crippen LogP contribution in [-0.2, 0) is 22.4 Å². The van der Waals surface area contributed by atoms with Crippen molar-refractivity contribution in [2.75, 3.05) is 7.05 Å². The molecule has 0 bridgehead atoms. The largest absolute Gasteiger partial charge is 0.353 e. The van der Waals surface area contributed by atoms with E-state index in [-0.39, 0.29) is 11.8 Å². The van der Waals surface area contributed by atoms with Crippen LogP contribution in [0.25, 0.3) is 44.2 Å². The summed E-state index contributed by atoms with van der Waals surface area (Å²) >= 11 is 6.65. The minimum Gasteiger partial charge on any atom is -0.353 e. The minimum absolute atomic E-state index is 0.155. The fourth-order valence-electron chi connectivity index (χ4n) is 7.36. The summed E-state index contributed by atoms with van der Waals surface area (Å²) in [6.07, 6.45) is 7.03. The maximum absolute atomic E-state index is 12.5. The Balaban J connectivity index is 0.962. The molecule has 2 heterocycles. The summed E-state index contributed by atoms with van der Waals surface area (Å²) in [5.41, 5.74) is 6.07. The number of hydrogen-bond donors (Lipinski definition) is 3. The van der Waals surface area contributed by atoms with Crippen molar-refractivity contribution in [3.63, 3.8) is 0 Å². The van der Waals surface area contributed by atoms with Gasteiger partial charge in [0.15, 0.2) is 0 Å². The van der Waals surface area contributed by atoms with Crippen LogP contribution in [-0.4, -0.2) is 55.8 Å². The topological polar surface area (TPSA) is 107 Å². The molecule has 3 N–H and O–H groups in total. The molecule has 2 aromatic heterocycles. The van der Waals surface area contributed by atoms with Crippen LogP contribution < -0.4 is 5.32 Å². The normalized spacial score (nSPS) is 19.8. The van der Waals surface area contributed by atoms with Crippen LogP contribution in [0, 0.1) is 23.7 Å². The van der Waals surface area contributed by atoms with Gasteiger partial charge in [-0.25, -0.2) is 9.97 Å². The summed E-state index contributed by atoms with van der Waals surface area (Å²) in [6.45, 7) is 8.33. The number of carbonyl (C=O) groups excluding carboxylic acids is 2. The molecule has 9 heteroatoms. The lowest BCUT2D eigenvalue weighted by molar-refractivity contribution is -0.131. The quantitative estimate of drug-likeness (QED) is 0.108. The zero-order valence-electron chi connectivity index (χ0n) is 29.9. The third kappa shape index (κ3) is 7.91. The molecule has 0 spiro atoms. The van der Waals surface area contributed by atoms with Gasteiger partial charge in [-0.15, -0.1) is 0 Å². The van der Waals surface area contributed by atoms with Gasteiger partial charge in [-0.05, 0) is 95.5 Å². The number of rotatable bonds is 14. The molecule has 50 heavy (non-hydrogen) atoms. The number of halogens is 1. The van der Waals surface area contributed by atoms with E-state index < -0.39 is 0 Å². The van der Waals surface area contributed by atoms with Crippen LogP contribution in [0.2, 0.25) is 5.15 Å². The van der Waals surface area contributed by atoms with E-state index in [0.717, 1.165) is 94.4 Å². The van der Waals surface area contributed by atoms with Crippen molar-refractivity contribution < 1.29 is 9.59 Å². The average Bonchev–Trinajstić information content (AvgIpc) is 3.93. The molecule has 0 aliphatic heterocycles. The molecule has 2 fully saturated rings. The second-order valence-corrected chi connectivity index (χ2v) is 15.9. The Hall–Kier alpha value is -4.17. The van der Waals surface area contributed by atoms with E-state index in [1.807, 2.05) is 11.9 Å². The Labute approximate surface area is 299 Å². The molecule has 2 aliphatic carbocycles. The van der Waals surface area contributed by atoms with Gasteiger partial charge in [0.1, 0.15) is 22.5 Å². The molecular formula is C41H49ClN6O2. The molecule has 0 saturated heterocycles. The summed E-state index contributed by atoms with van der Waals surface area (Å²) < 4.78 is 0. The van der Waals surface area contributed by atoms with Crippen molar-refractivity contribution in [2.24, 2.45) is 23.7 Å². The zero-order valence-corrected chi connectivity index (χ0v) is 30.6. The average molecular weight is 693 g/mol. The third-order valence-corrected chi connectivity index (χ3v) is 10.7. The molecule has 5 aromatic rings. The predicted molar refractivity (Wildman–Crippen MR) is 202 cm³/mol. The summed E-state index contributed by atoms with van der Waals surface area (Å²) in [4.78, 5) is 43.1. The molecule has 2 saturated carbocycles. The van der Waals surface area contributed by atoms with Crippen molar-refractivity contribution in [2.45, 2.75) is 91.1 Å². The fourth-order valence-corrected chi connectivity index (χ4v) is 7.62. The Morgan fingerprint density at radius 2 is 1.46 bits per heavy atom. The van der Waals surface area contributed by atoms with Crippen molar-refractivity contribution in [3.05, 3.63) is 71.4 Å². The van der Waals surface area contributed by atoms with Gasteiger partial charge in [0, 0.05) is 50.4 Å². The van der Waals surface area contributed by atoms with E-state index in [9.17, 15) is 9.59 Å². The van der Waals surface area contributed by atoms with E-state index in [2.05, 4.69) is 97.6 Å². The lowest BCUT2D eigenvalue weighted by Crippen LogP contribution is -2.30. The van der Waals surface area contributed by atoms with E-state index in [0.29, 0.717) is 53.8 Å². The molecule has 0 radical (unpaired) electrons. The molecule has 7 rings (SSSR count). The smallest absolute Gasteiger partial charge is 0.222 e. The first kappa shape index (κ1) is 34.3. The number of aryl methyl sites for hydroxylation is 2. The van der Waals surface area contributed by atoms with Crippen molar-refractivity contribution in [1.82, 2.24) is 30.2 Å². The maximum Gasteiger partial charge on any atom is 0.222 e. The van der Waals surface area contributed by atoms with Gasteiger partial charge in [-0.3, -0.25) is 9.59 Å². The number of carbonyl (C=O) groups is 2. The SMILES string of the molecule is CC(C)CC(=O)NC1CC1CCc1nc(-c2ccc3cc(-c4ccc5nc(CCC6CC6N(C)C(=O)CC(C)C)[nH]c5c4)ccc3c2)c(Cl)[nH]1. The summed E-state index contributed by atoms with van der Waals surface area (Å²) in [5.74, 6) is 4.13. The van der Waals surface area contributed by atoms with Gasteiger partial charge >= 0.3 is 0 Å². The van der Waals surface area contributed by atoms with E-state index in [4.69, 9.17) is 21.6 Å². The first-order chi connectivity index (χ1) is 24.0. The molecule has 8 nitrogen and oxygen atoms in total. The Bertz CT molecular complexity index is 2030. The fraction of sp³-hybridized carbons (Fsp3) is 0.463. The molecule has 262 valence electrons. The zero-order chi connectivity index (χ0) is 35.1. The van der Waals surface area contributed by atoms with Crippen LogP contribution in [0.4, 0.5) is 0 Å². The Morgan fingerprint density at radius 1 is 0.820 bits per heavy atom. The molecular weight excluding hydrogens is 644 g/mol. The summed E-state index contributed by atoms with van der Waals surface area (Å²) in [5, 5.41) is 6.00. The van der Waals surface area contributed by atoms with Crippen LogP contribution in [0.3, 0.4) is 0 Å². The number of nitrogens with zero attached hydrogens (tertiary/aromatic N) is 3. The molecule has 4 unspecified atom stereocenters.